The van der Waals surface area contributed by atoms with Gasteiger partial charge >= 0.3 is 5.97 Å². The zero-order valence-corrected chi connectivity index (χ0v) is 14.3. The quantitative estimate of drug-likeness (QED) is 0.703. The predicted octanol–water partition coefficient (Wildman–Crippen LogP) is 3.95. The number of hydrogen-bond donors (Lipinski definition) is 2. The minimum Gasteiger partial charge on any atom is -0.497 e. The number of hydrogen-bond acceptors (Lipinski definition) is 5. The number of carbonyl (C=O) groups excluding carboxylic acids is 1. The van der Waals surface area contributed by atoms with Crippen molar-refractivity contribution < 1.29 is 24.0 Å². The third-order valence-corrected chi connectivity index (χ3v) is 3.81. The molecule has 0 radical (unpaired) electrons. The summed E-state index contributed by atoms with van der Waals surface area (Å²) in [5.41, 5.74) is 0.725. The van der Waals surface area contributed by atoms with E-state index in [1.807, 2.05) is 0 Å². The molecule has 3 aromatic rings. The number of benzene rings is 2. The van der Waals surface area contributed by atoms with Crippen LogP contribution in [0.25, 0.3) is 11.3 Å². The monoisotopic (exact) mass is 372 g/mol. The predicted molar refractivity (Wildman–Crippen MR) is 94.9 cm³/mol. The summed E-state index contributed by atoms with van der Waals surface area (Å²) in [5.74, 6) is -0.720. The van der Waals surface area contributed by atoms with Gasteiger partial charge < -0.3 is 19.7 Å². The van der Waals surface area contributed by atoms with Crippen molar-refractivity contribution in [2.45, 2.75) is 0 Å². The van der Waals surface area contributed by atoms with Crippen LogP contribution in [0.2, 0.25) is 5.02 Å². The highest BCUT2D eigenvalue weighted by Crippen LogP contribution is 2.25. The molecule has 0 saturated carbocycles. The number of halogens is 1. The lowest BCUT2D eigenvalue weighted by molar-refractivity contribution is 0.0698. The number of carboxylic acids is 1. The standard InChI is InChI=1S/C18H13ClN2O5/c1-25-12-5-2-10(3-6-12)16-9-15(21-26-16)17(22)20-14-7-4-11(19)8-13(14)18(23)24/h2-9H,1H3,(H,20,22)(H,23,24). The summed E-state index contributed by atoms with van der Waals surface area (Å²) < 4.78 is 10.3. The van der Waals surface area contributed by atoms with Gasteiger partial charge in [0.2, 0.25) is 0 Å². The van der Waals surface area contributed by atoms with Crippen LogP contribution in [0.4, 0.5) is 5.69 Å². The van der Waals surface area contributed by atoms with Crippen LogP contribution in [0.15, 0.2) is 53.1 Å². The van der Waals surface area contributed by atoms with Gasteiger partial charge in [0.1, 0.15) is 5.75 Å². The summed E-state index contributed by atoms with van der Waals surface area (Å²) in [5, 5.41) is 15.7. The number of aromatic nitrogens is 1. The van der Waals surface area contributed by atoms with Gasteiger partial charge in [-0.1, -0.05) is 16.8 Å². The SMILES string of the molecule is COc1ccc(-c2cc(C(=O)Nc3ccc(Cl)cc3C(=O)O)no2)cc1. The van der Waals surface area contributed by atoms with Crippen molar-refractivity contribution in [3.05, 3.63) is 64.8 Å². The van der Waals surface area contributed by atoms with Gasteiger partial charge in [-0.05, 0) is 42.5 Å². The molecule has 2 N–H and O–H groups in total. The van der Waals surface area contributed by atoms with Crippen LogP contribution in [0.3, 0.4) is 0 Å². The molecule has 2 aromatic carbocycles. The Morgan fingerprint density at radius 1 is 1.15 bits per heavy atom. The van der Waals surface area contributed by atoms with Crippen molar-refractivity contribution >= 4 is 29.2 Å². The van der Waals surface area contributed by atoms with Gasteiger partial charge in [0.15, 0.2) is 11.5 Å². The van der Waals surface area contributed by atoms with E-state index in [1.54, 1.807) is 31.4 Å². The van der Waals surface area contributed by atoms with Gasteiger partial charge in [-0.3, -0.25) is 4.79 Å². The van der Waals surface area contributed by atoms with Crippen LogP contribution in [-0.4, -0.2) is 29.2 Å². The smallest absolute Gasteiger partial charge is 0.337 e. The highest BCUT2D eigenvalue weighted by atomic mass is 35.5. The first-order valence-corrected chi connectivity index (χ1v) is 7.81. The number of anilines is 1. The first kappa shape index (κ1) is 17.5. The average Bonchev–Trinajstić information content (AvgIpc) is 3.13. The first-order chi connectivity index (χ1) is 12.5. The number of aromatic carboxylic acids is 1. The van der Waals surface area contributed by atoms with E-state index in [4.69, 9.17) is 20.9 Å². The molecule has 8 heteroatoms. The number of rotatable bonds is 5. The van der Waals surface area contributed by atoms with Crippen LogP contribution >= 0.6 is 11.6 Å². The number of amides is 1. The molecule has 0 saturated heterocycles. The fourth-order valence-electron chi connectivity index (χ4n) is 2.26. The third-order valence-electron chi connectivity index (χ3n) is 3.58. The largest absolute Gasteiger partial charge is 0.497 e. The van der Waals surface area contributed by atoms with E-state index in [0.717, 1.165) is 5.56 Å². The van der Waals surface area contributed by atoms with E-state index < -0.39 is 11.9 Å². The Morgan fingerprint density at radius 3 is 2.54 bits per heavy atom. The molecule has 0 spiro atoms. The molecule has 7 nitrogen and oxygen atoms in total. The molecule has 3 rings (SSSR count). The molecular formula is C18H13ClN2O5. The van der Waals surface area contributed by atoms with Crippen molar-refractivity contribution in [1.29, 1.82) is 0 Å². The molecule has 0 aliphatic heterocycles. The highest BCUT2D eigenvalue weighted by molar-refractivity contribution is 6.31. The number of methoxy groups -OCH3 is 1. The van der Waals surface area contributed by atoms with Gasteiger partial charge in [0.05, 0.1) is 18.4 Å². The molecule has 132 valence electrons. The average molecular weight is 373 g/mol. The van der Waals surface area contributed by atoms with Gasteiger partial charge in [-0.2, -0.15) is 0 Å². The minimum absolute atomic E-state index is 0.0158. The van der Waals surface area contributed by atoms with Crippen molar-refractivity contribution in [2.24, 2.45) is 0 Å². The maximum absolute atomic E-state index is 12.3. The summed E-state index contributed by atoms with van der Waals surface area (Å²) in [7, 11) is 1.56. The van der Waals surface area contributed by atoms with Gasteiger partial charge in [0.25, 0.3) is 5.91 Å². The van der Waals surface area contributed by atoms with Crippen LogP contribution in [0.1, 0.15) is 20.8 Å². The lowest BCUT2D eigenvalue weighted by Crippen LogP contribution is -2.15. The second kappa shape index (κ2) is 7.28. The molecule has 0 aliphatic carbocycles. The van der Waals surface area contributed by atoms with Crippen molar-refractivity contribution in [3.8, 4) is 17.1 Å². The van der Waals surface area contributed by atoms with Crippen molar-refractivity contribution in [2.75, 3.05) is 12.4 Å². The number of nitrogens with one attached hydrogen (secondary N) is 1. The van der Waals surface area contributed by atoms with E-state index in [2.05, 4.69) is 10.5 Å². The minimum atomic E-state index is -1.21. The second-order valence-corrected chi connectivity index (χ2v) is 5.69. The Bertz CT molecular complexity index is 966. The van der Waals surface area contributed by atoms with Gasteiger partial charge in [0, 0.05) is 16.7 Å². The Labute approximate surface area is 153 Å². The Kier molecular flexibility index (Phi) is 4.90. The topological polar surface area (TPSA) is 102 Å². The molecule has 1 heterocycles. The maximum atomic E-state index is 12.3. The Morgan fingerprint density at radius 2 is 1.88 bits per heavy atom. The van der Waals surface area contributed by atoms with Crippen molar-refractivity contribution in [1.82, 2.24) is 5.16 Å². The molecule has 1 amide bonds. The Hall–Kier alpha value is -3.32. The lowest BCUT2D eigenvalue weighted by Gasteiger charge is -2.07. The van der Waals surface area contributed by atoms with Crippen LogP contribution in [-0.2, 0) is 0 Å². The molecule has 0 unspecified atom stereocenters. The molecule has 1 aromatic heterocycles. The number of nitrogens with zero attached hydrogens (tertiary/aromatic N) is 1. The zero-order valence-electron chi connectivity index (χ0n) is 13.5. The first-order valence-electron chi connectivity index (χ1n) is 7.43. The summed E-state index contributed by atoms with van der Waals surface area (Å²) >= 11 is 5.79. The van der Waals surface area contributed by atoms with Gasteiger partial charge in [-0.15, -0.1) is 0 Å². The molecule has 0 aliphatic rings. The second-order valence-electron chi connectivity index (χ2n) is 5.25. The third kappa shape index (κ3) is 3.68. The van der Waals surface area contributed by atoms with Crippen LogP contribution < -0.4 is 10.1 Å². The van der Waals surface area contributed by atoms with Crippen molar-refractivity contribution in [3.63, 3.8) is 0 Å². The number of ether oxygens (including phenoxy) is 1. The Balaban J connectivity index is 1.81. The highest BCUT2D eigenvalue weighted by Gasteiger charge is 2.17. The van der Waals surface area contributed by atoms with E-state index >= 15 is 0 Å². The molecule has 26 heavy (non-hydrogen) atoms. The van der Waals surface area contributed by atoms with E-state index in [0.29, 0.717) is 11.5 Å². The van der Waals surface area contributed by atoms with E-state index in [1.165, 1.54) is 24.3 Å². The van der Waals surface area contributed by atoms with E-state index in [9.17, 15) is 14.7 Å². The van der Waals surface area contributed by atoms with Crippen LogP contribution in [0, 0.1) is 0 Å². The summed E-state index contributed by atoms with van der Waals surface area (Å²) in [6, 6.07) is 12.7. The number of carbonyl (C=O) groups is 2. The zero-order chi connectivity index (χ0) is 18.7. The number of carboxylic acid groups (broad SMARTS) is 1. The molecule has 0 bridgehead atoms. The van der Waals surface area contributed by atoms with E-state index in [-0.39, 0.29) is 22.0 Å². The van der Waals surface area contributed by atoms with Crippen LogP contribution in [0.5, 0.6) is 5.75 Å². The summed E-state index contributed by atoms with van der Waals surface area (Å²) in [6.07, 6.45) is 0. The normalized spacial score (nSPS) is 10.4. The molecular weight excluding hydrogens is 360 g/mol. The molecule has 0 atom stereocenters. The fraction of sp³-hybridized carbons (Fsp3) is 0.0556. The summed E-state index contributed by atoms with van der Waals surface area (Å²) in [6.45, 7) is 0. The maximum Gasteiger partial charge on any atom is 0.337 e. The summed E-state index contributed by atoms with van der Waals surface area (Å²) in [4.78, 5) is 23.6. The molecule has 0 fully saturated rings. The fourth-order valence-corrected chi connectivity index (χ4v) is 2.43. The van der Waals surface area contributed by atoms with Gasteiger partial charge in [-0.25, -0.2) is 4.79 Å². The lowest BCUT2D eigenvalue weighted by atomic mass is 10.1.